The van der Waals surface area contributed by atoms with E-state index >= 15 is 0 Å². The number of nitrogens with two attached hydrogens (primary N) is 1. The standard InChI is InChI=1S/C14H21NOS/c1-10-6-7-11(15)8-14(10)17-13-5-3-4-12(9-13)16-2/h6-8,12-13H,3-5,9,15H2,1-2H3. The maximum atomic E-state index is 5.85. The minimum Gasteiger partial charge on any atom is -0.399 e. The SMILES string of the molecule is COC1CCCC(Sc2cc(N)ccc2C)C1. The number of anilines is 1. The Morgan fingerprint density at radius 1 is 1.35 bits per heavy atom. The van der Waals surface area contributed by atoms with Gasteiger partial charge in [-0.05, 0) is 50.3 Å². The van der Waals surface area contributed by atoms with Crippen LogP contribution in [0, 0.1) is 6.92 Å². The molecule has 1 aromatic carbocycles. The summed E-state index contributed by atoms with van der Waals surface area (Å²) in [6.45, 7) is 2.15. The average molecular weight is 251 g/mol. The number of hydrogen-bond donors (Lipinski definition) is 1. The van der Waals surface area contributed by atoms with Crippen molar-refractivity contribution in [3.05, 3.63) is 23.8 Å². The molecule has 2 N–H and O–H groups in total. The number of methoxy groups -OCH3 is 1. The summed E-state index contributed by atoms with van der Waals surface area (Å²) in [4.78, 5) is 1.33. The van der Waals surface area contributed by atoms with E-state index in [-0.39, 0.29) is 0 Å². The quantitative estimate of drug-likeness (QED) is 0.833. The van der Waals surface area contributed by atoms with Crippen LogP contribution in [-0.4, -0.2) is 18.5 Å². The summed E-state index contributed by atoms with van der Waals surface area (Å²) in [7, 11) is 1.82. The lowest BCUT2D eigenvalue weighted by Crippen LogP contribution is -2.23. The van der Waals surface area contributed by atoms with Crippen LogP contribution >= 0.6 is 11.8 Å². The molecule has 2 unspecified atom stereocenters. The number of nitrogen functional groups attached to an aromatic ring is 1. The number of aryl methyl sites for hydroxylation is 1. The molecule has 1 aromatic rings. The first kappa shape index (κ1) is 12.8. The van der Waals surface area contributed by atoms with Crippen LogP contribution in [-0.2, 0) is 4.74 Å². The van der Waals surface area contributed by atoms with Gasteiger partial charge in [0.2, 0.25) is 0 Å². The number of benzene rings is 1. The van der Waals surface area contributed by atoms with Gasteiger partial charge in [-0.2, -0.15) is 0 Å². The van der Waals surface area contributed by atoms with E-state index < -0.39 is 0 Å². The second-order valence-electron chi connectivity index (χ2n) is 4.79. The third-order valence-electron chi connectivity index (χ3n) is 3.42. The minimum absolute atomic E-state index is 0.447. The molecule has 17 heavy (non-hydrogen) atoms. The summed E-state index contributed by atoms with van der Waals surface area (Å²) in [6, 6.07) is 6.17. The highest BCUT2D eigenvalue weighted by molar-refractivity contribution is 8.00. The van der Waals surface area contributed by atoms with Gasteiger partial charge in [0.25, 0.3) is 0 Å². The van der Waals surface area contributed by atoms with E-state index in [1.165, 1.54) is 29.7 Å². The summed E-state index contributed by atoms with van der Waals surface area (Å²) >= 11 is 1.96. The molecule has 1 aliphatic carbocycles. The first-order valence-corrected chi connectivity index (χ1v) is 7.12. The lowest BCUT2D eigenvalue weighted by Gasteiger charge is -2.28. The molecule has 0 amide bonds. The van der Waals surface area contributed by atoms with E-state index in [4.69, 9.17) is 10.5 Å². The van der Waals surface area contributed by atoms with Gasteiger partial charge in [-0.15, -0.1) is 11.8 Å². The predicted octanol–water partition coefficient (Wildman–Crippen LogP) is 3.63. The fraction of sp³-hybridized carbons (Fsp3) is 0.571. The smallest absolute Gasteiger partial charge is 0.0582 e. The highest BCUT2D eigenvalue weighted by Crippen LogP contribution is 2.36. The van der Waals surface area contributed by atoms with Gasteiger partial charge in [0.15, 0.2) is 0 Å². The van der Waals surface area contributed by atoms with E-state index in [0.717, 1.165) is 12.1 Å². The Balaban J connectivity index is 2.02. The Labute approximate surface area is 108 Å². The normalized spacial score (nSPS) is 24.8. The second-order valence-corrected chi connectivity index (χ2v) is 6.13. The molecular weight excluding hydrogens is 230 g/mol. The molecule has 3 heteroatoms. The van der Waals surface area contributed by atoms with Crippen LogP contribution in [0.2, 0.25) is 0 Å². The van der Waals surface area contributed by atoms with Gasteiger partial charge in [-0.25, -0.2) is 0 Å². The molecule has 0 aromatic heterocycles. The summed E-state index contributed by atoms with van der Waals surface area (Å²) in [5.74, 6) is 0. The maximum Gasteiger partial charge on any atom is 0.0582 e. The van der Waals surface area contributed by atoms with Crippen LogP contribution in [0.4, 0.5) is 5.69 Å². The van der Waals surface area contributed by atoms with Crippen molar-refractivity contribution >= 4 is 17.4 Å². The highest BCUT2D eigenvalue weighted by atomic mass is 32.2. The van der Waals surface area contributed by atoms with Crippen LogP contribution in [0.25, 0.3) is 0 Å². The zero-order valence-corrected chi connectivity index (χ0v) is 11.4. The molecule has 0 spiro atoms. The fourth-order valence-electron chi connectivity index (χ4n) is 2.35. The number of thioether (sulfide) groups is 1. The van der Waals surface area contributed by atoms with Crippen molar-refractivity contribution in [3.63, 3.8) is 0 Å². The zero-order valence-electron chi connectivity index (χ0n) is 10.6. The van der Waals surface area contributed by atoms with Crippen LogP contribution < -0.4 is 5.73 Å². The molecule has 2 nitrogen and oxygen atoms in total. The molecular formula is C14H21NOS. The van der Waals surface area contributed by atoms with Crippen molar-refractivity contribution in [1.29, 1.82) is 0 Å². The van der Waals surface area contributed by atoms with Crippen molar-refractivity contribution in [3.8, 4) is 0 Å². The molecule has 1 fully saturated rings. The summed E-state index contributed by atoms with van der Waals surface area (Å²) in [5.41, 5.74) is 8.03. The number of rotatable bonds is 3. The van der Waals surface area contributed by atoms with Gasteiger partial charge >= 0.3 is 0 Å². The molecule has 2 rings (SSSR count). The molecule has 1 saturated carbocycles. The van der Waals surface area contributed by atoms with Crippen LogP contribution in [0.1, 0.15) is 31.2 Å². The second kappa shape index (κ2) is 5.78. The third kappa shape index (κ3) is 3.39. The van der Waals surface area contributed by atoms with E-state index in [0.29, 0.717) is 11.4 Å². The Kier molecular flexibility index (Phi) is 4.35. The van der Waals surface area contributed by atoms with Crippen LogP contribution in [0.3, 0.4) is 0 Å². The monoisotopic (exact) mass is 251 g/mol. The van der Waals surface area contributed by atoms with Crippen molar-refractivity contribution in [2.75, 3.05) is 12.8 Å². The van der Waals surface area contributed by atoms with Gasteiger partial charge in [-0.1, -0.05) is 6.07 Å². The summed E-state index contributed by atoms with van der Waals surface area (Å²) in [6.07, 6.45) is 5.39. The predicted molar refractivity (Wildman–Crippen MR) is 74.5 cm³/mol. The summed E-state index contributed by atoms with van der Waals surface area (Å²) < 4.78 is 5.48. The number of ether oxygens (including phenoxy) is 1. The topological polar surface area (TPSA) is 35.2 Å². The zero-order chi connectivity index (χ0) is 12.3. The van der Waals surface area contributed by atoms with E-state index in [1.807, 2.05) is 24.9 Å². The highest BCUT2D eigenvalue weighted by Gasteiger charge is 2.22. The van der Waals surface area contributed by atoms with E-state index in [2.05, 4.69) is 19.1 Å². The molecule has 0 radical (unpaired) electrons. The Hall–Kier alpha value is -0.670. The van der Waals surface area contributed by atoms with E-state index in [9.17, 15) is 0 Å². The molecule has 94 valence electrons. The van der Waals surface area contributed by atoms with Crippen molar-refractivity contribution < 1.29 is 4.74 Å². The Bertz CT molecular complexity index is 380. The van der Waals surface area contributed by atoms with Gasteiger partial charge in [0.05, 0.1) is 6.10 Å². The van der Waals surface area contributed by atoms with Crippen molar-refractivity contribution in [2.24, 2.45) is 0 Å². The van der Waals surface area contributed by atoms with Gasteiger partial charge in [0.1, 0.15) is 0 Å². The average Bonchev–Trinajstić information content (AvgIpc) is 2.34. The van der Waals surface area contributed by atoms with Gasteiger partial charge in [-0.3, -0.25) is 0 Å². The first-order chi connectivity index (χ1) is 8.19. The van der Waals surface area contributed by atoms with Crippen LogP contribution in [0.15, 0.2) is 23.1 Å². The Morgan fingerprint density at radius 2 is 2.18 bits per heavy atom. The first-order valence-electron chi connectivity index (χ1n) is 6.24. The minimum atomic E-state index is 0.447. The van der Waals surface area contributed by atoms with Crippen LogP contribution in [0.5, 0.6) is 0 Å². The lowest BCUT2D eigenvalue weighted by molar-refractivity contribution is 0.0730. The van der Waals surface area contributed by atoms with Gasteiger partial charge in [0, 0.05) is 22.9 Å². The number of hydrogen-bond acceptors (Lipinski definition) is 3. The van der Waals surface area contributed by atoms with Gasteiger partial charge < -0.3 is 10.5 Å². The van der Waals surface area contributed by atoms with Crippen molar-refractivity contribution in [1.82, 2.24) is 0 Å². The molecule has 0 saturated heterocycles. The third-order valence-corrected chi connectivity index (χ3v) is 4.87. The Morgan fingerprint density at radius 3 is 2.94 bits per heavy atom. The molecule has 0 heterocycles. The largest absolute Gasteiger partial charge is 0.399 e. The molecule has 2 atom stereocenters. The summed E-state index contributed by atoms with van der Waals surface area (Å²) in [5, 5.41) is 0.675. The molecule has 0 bridgehead atoms. The maximum absolute atomic E-state index is 5.85. The lowest BCUT2D eigenvalue weighted by atomic mass is 9.97. The molecule has 1 aliphatic rings. The fourth-order valence-corrected chi connectivity index (χ4v) is 3.76. The van der Waals surface area contributed by atoms with Crippen molar-refractivity contribution in [2.45, 2.75) is 48.9 Å². The molecule has 0 aliphatic heterocycles. The van der Waals surface area contributed by atoms with E-state index in [1.54, 1.807) is 0 Å².